The van der Waals surface area contributed by atoms with Crippen LogP contribution in [0.4, 0.5) is 0 Å². The SMILES string of the molecule is CCCN(CCc1ccc(O)cc1)C1CCc2ccccc2C1. The fraction of sp³-hybridized carbons (Fsp3) is 0.429. The maximum absolute atomic E-state index is 9.40. The van der Waals surface area contributed by atoms with Crippen molar-refractivity contribution in [2.75, 3.05) is 13.1 Å². The van der Waals surface area contributed by atoms with Crippen molar-refractivity contribution in [3.8, 4) is 5.75 Å². The van der Waals surface area contributed by atoms with Crippen molar-refractivity contribution in [3.63, 3.8) is 0 Å². The van der Waals surface area contributed by atoms with Gasteiger partial charge in [0.2, 0.25) is 0 Å². The van der Waals surface area contributed by atoms with Crippen molar-refractivity contribution < 1.29 is 5.11 Å². The molecule has 1 atom stereocenters. The molecule has 0 fully saturated rings. The van der Waals surface area contributed by atoms with Crippen LogP contribution in [0.3, 0.4) is 0 Å². The molecule has 23 heavy (non-hydrogen) atoms. The number of phenols is 1. The first-order valence-electron chi connectivity index (χ1n) is 8.85. The van der Waals surface area contributed by atoms with Crippen molar-refractivity contribution in [3.05, 3.63) is 65.2 Å². The first kappa shape index (κ1) is 16.1. The number of aromatic hydroxyl groups is 1. The van der Waals surface area contributed by atoms with E-state index in [1.54, 1.807) is 17.7 Å². The summed E-state index contributed by atoms with van der Waals surface area (Å²) in [7, 11) is 0. The van der Waals surface area contributed by atoms with Gasteiger partial charge >= 0.3 is 0 Å². The lowest BCUT2D eigenvalue weighted by Crippen LogP contribution is -2.41. The molecular weight excluding hydrogens is 282 g/mol. The van der Waals surface area contributed by atoms with E-state index in [1.807, 2.05) is 12.1 Å². The van der Waals surface area contributed by atoms with Gasteiger partial charge in [-0.1, -0.05) is 43.3 Å². The highest BCUT2D eigenvalue weighted by Crippen LogP contribution is 2.25. The molecule has 3 rings (SSSR count). The van der Waals surface area contributed by atoms with Crippen LogP contribution < -0.4 is 0 Å². The van der Waals surface area contributed by atoms with E-state index in [9.17, 15) is 5.11 Å². The Bertz CT molecular complexity index is 620. The van der Waals surface area contributed by atoms with Crippen molar-refractivity contribution in [2.45, 2.75) is 45.1 Å². The molecule has 2 nitrogen and oxygen atoms in total. The summed E-state index contributed by atoms with van der Waals surface area (Å²) in [6.07, 6.45) is 5.92. The lowest BCUT2D eigenvalue weighted by molar-refractivity contribution is 0.182. The van der Waals surface area contributed by atoms with Crippen LogP contribution in [-0.4, -0.2) is 29.1 Å². The summed E-state index contributed by atoms with van der Waals surface area (Å²) in [5, 5.41) is 9.40. The van der Waals surface area contributed by atoms with E-state index in [-0.39, 0.29) is 0 Å². The lowest BCUT2D eigenvalue weighted by atomic mass is 9.87. The number of nitrogens with zero attached hydrogens (tertiary/aromatic N) is 1. The first-order valence-corrected chi connectivity index (χ1v) is 8.85. The third kappa shape index (κ3) is 4.14. The van der Waals surface area contributed by atoms with E-state index < -0.39 is 0 Å². The highest BCUT2D eigenvalue weighted by molar-refractivity contribution is 5.30. The van der Waals surface area contributed by atoms with Crippen LogP contribution in [0.2, 0.25) is 0 Å². The topological polar surface area (TPSA) is 23.5 Å². The Morgan fingerprint density at radius 3 is 2.48 bits per heavy atom. The second kappa shape index (κ2) is 7.65. The fourth-order valence-electron chi connectivity index (χ4n) is 3.69. The van der Waals surface area contributed by atoms with Gasteiger partial charge in [-0.3, -0.25) is 4.90 Å². The average molecular weight is 309 g/mol. The Hall–Kier alpha value is -1.80. The molecule has 0 aliphatic heterocycles. The molecule has 1 unspecified atom stereocenters. The zero-order valence-electron chi connectivity index (χ0n) is 14.0. The van der Waals surface area contributed by atoms with Crippen molar-refractivity contribution in [1.29, 1.82) is 0 Å². The molecular formula is C21H27NO. The molecule has 1 N–H and O–H groups in total. The van der Waals surface area contributed by atoms with Crippen LogP contribution in [0.15, 0.2) is 48.5 Å². The van der Waals surface area contributed by atoms with Gasteiger partial charge in [0.05, 0.1) is 0 Å². The number of aryl methyl sites for hydroxylation is 1. The maximum Gasteiger partial charge on any atom is 0.115 e. The number of phenolic OH excluding ortho intramolecular Hbond substituents is 1. The van der Waals surface area contributed by atoms with Gasteiger partial charge in [0, 0.05) is 12.6 Å². The predicted molar refractivity (Wildman–Crippen MR) is 95.9 cm³/mol. The second-order valence-corrected chi connectivity index (χ2v) is 6.62. The molecule has 0 radical (unpaired) electrons. The van der Waals surface area contributed by atoms with Crippen LogP contribution in [-0.2, 0) is 19.3 Å². The third-order valence-corrected chi connectivity index (χ3v) is 4.97. The Labute approximate surface area is 139 Å². The van der Waals surface area contributed by atoms with Gasteiger partial charge in [-0.15, -0.1) is 0 Å². The van der Waals surface area contributed by atoms with Crippen LogP contribution in [0, 0.1) is 0 Å². The quantitative estimate of drug-likeness (QED) is 0.864. The van der Waals surface area contributed by atoms with Gasteiger partial charge in [0.15, 0.2) is 0 Å². The van der Waals surface area contributed by atoms with Crippen molar-refractivity contribution >= 4 is 0 Å². The summed E-state index contributed by atoms with van der Waals surface area (Å²) >= 11 is 0. The summed E-state index contributed by atoms with van der Waals surface area (Å²) in [5.74, 6) is 0.350. The molecule has 0 aromatic heterocycles. The number of fused-ring (bicyclic) bond motifs is 1. The van der Waals surface area contributed by atoms with E-state index in [4.69, 9.17) is 0 Å². The molecule has 1 aliphatic rings. The van der Waals surface area contributed by atoms with E-state index >= 15 is 0 Å². The van der Waals surface area contributed by atoms with E-state index in [0.29, 0.717) is 11.8 Å². The van der Waals surface area contributed by atoms with Crippen molar-refractivity contribution in [2.24, 2.45) is 0 Å². The molecule has 0 heterocycles. The van der Waals surface area contributed by atoms with E-state index in [0.717, 1.165) is 13.0 Å². The minimum absolute atomic E-state index is 0.350. The predicted octanol–water partition coefficient (Wildman–Crippen LogP) is 4.20. The lowest BCUT2D eigenvalue weighted by Gasteiger charge is -2.35. The Morgan fingerprint density at radius 1 is 1.00 bits per heavy atom. The standard InChI is InChI=1S/C21H27NO/c1-2-14-22(15-13-17-7-11-21(23)12-8-17)20-10-9-18-5-3-4-6-19(18)16-20/h3-8,11-12,20,23H,2,9-10,13-16H2,1H3. The third-order valence-electron chi connectivity index (χ3n) is 4.97. The second-order valence-electron chi connectivity index (χ2n) is 6.62. The van der Waals surface area contributed by atoms with Gasteiger partial charge in [-0.2, -0.15) is 0 Å². The summed E-state index contributed by atoms with van der Waals surface area (Å²) in [5.41, 5.74) is 4.38. The first-order chi connectivity index (χ1) is 11.3. The summed E-state index contributed by atoms with van der Waals surface area (Å²) in [4.78, 5) is 2.67. The molecule has 0 spiro atoms. The molecule has 122 valence electrons. The Kier molecular flexibility index (Phi) is 5.35. The molecule has 0 amide bonds. The van der Waals surface area contributed by atoms with Gasteiger partial charge in [0.25, 0.3) is 0 Å². The van der Waals surface area contributed by atoms with Crippen LogP contribution >= 0.6 is 0 Å². The number of rotatable bonds is 6. The number of benzene rings is 2. The maximum atomic E-state index is 9.40. The van der Waals surface area contributed by atoms with Crippen molar-refractivity contribution in [1.82, 2.24) is 4.90 Å². The molecule has 2 aromatic rings. The van der Waals surface area contributed by atoms with Gasteiger partial charge in [-0.05, 0) is 67.5 Å². The number of hydrogen-bond donors (Lipinski definition) is 1. The molecule has 2 heteroatoms. The van der Waals surface area contributed by atoms with Gasteiger partial charge < -0.3 is 5.11 Å². The Morgan fingerprint density at radius 2 is 1.74 bits per heavy atom. The minimum atomic E-state index is 0.350. The summed E-state index contributed by atoms with van der Waals surface area (Å²) < 4.78 is 0. The van der Waals surface area contributed by atoms with Crippen LogP contribution in [0.25, 0.3) is 0 Å². The van der Waals surface area contributed by atoms with Gasteiger partial charge in [0.1, 0.15) is 5.75 Å². The fourth-order valence-corrected chi connectivity index (χ4v) is 3.69. The largest absolute Gasteiger partial charge is 0.508 e. The van der Waals surface area contributed by atoms with Crippen LogP contribution in [0.5, 0.6) is 5.75 Å². The highest BCUT2D eigenvalue weighted by Gasteiger charge is 2.23. The normalized spacial score (nSPS) is 17.2. The average Bonchev–Trinajstić information content (AvgIpc) is 2.59. The molecule has 0 bridgehead atoms. The van der Waals surface area contributed by atoms with E-state index in [2.05, 4.69) is 36.1 Å². The molecule has 2 aromatic carbocycles. The summed E-state index contributed by atoms with van der Waals surface area (Å²) in [6, 6.07) is 17.2. The minimum Gasteiger partial charge on any atom is -0.508 e. The molecule has 0 saturated heterocycles. The Balaban J connectivity index is 1.63. The zero-order chi connectivity index (χ0) is 16.1. The van der Waals surface area contributed by atoms with Gasteiger partial charge in [-0.25, -0.2) is 0 Å². The van der Waals surface area contributed by atoms with Crippen LogP contribution in [0.1, 0.15) is 36.5 Å². The zero-order valence-corrected chi connectivity index (χ0v) is 14.0. The molecule has 1 aliphatic carbocycles. The smallest absolute Gasteiger partial charge is 0.115 e. The molecule has 0 saturated carbocycles. The highest BCUT2D eigenvalue weighted by atomic mass is 16.3. The summed E-state index contributed by atoms with van der Waals surface area (Å²) in [6.45, 7) is 4.54. The van der Waals surface area contributed by atoms with E-state index in [1.165, 1.54) is 43.4 Å². The number of hydrogen-bond acceptors (Lipinski definition) is 2. The monoisotopic (exact) mass is 309 g/mol.